The molecule has 0 saturated heterocycles. The Hall–Kier alpha value is -2.63. The number of hydrogen-bond donors (Lipinski definition) is 3. The number of carbonyl (C=O) groups excluding carboxylic acids is 2. The Bertz CT molecular complexity index is 483. The maximum atomic E-state index is 11.2. The maximum Gasteiger partial charge on any atom is 0.329 e. The lowest BCUT2D eigenvalue weighted by Gasteiger charge is -2.00. The fourth-order valence-corrected chi connectivity index (χ4v) is 1.05. The highest BCUT2D eigenvalue weighted by atomic mass is 16.3. The molecule has 0 spiro atoms. The zero-order valence-corrected chi connectivity index (χ0v) is 9.59. The first-order valence-corrected chi connectivity index (χ1v) is 5.15. The van der Waals surface area contributed by atoms with Crippen molar-refractivity contribution in [2.24, 2.45) is 5.10 Å². The minimum absolute atomic E-state index is 0.0339. The second-order valence-electron chi connectivity index (χ2n) is 3.26. The van der Waals surface area contributed by atoms with Gasteiger partial charge in [-0.05, 0) is 12.1 Å². The van der Waals surface area contributed by atoms with Crippen LogP contribution in [0.3, 0.4) is 0 Å². The molecule has 1 rings (SSSR count). The van der Waals surface area contributed by atoms with Gasteiger partial charge in [0.25, 0.3) is 0 Å². The van der Waals surface area contributed by atoms with E-state index >= 15 is 0 Å². The van der Waals surface area contributed by atoms with Crippen molar-refractivity contribution in [3.05, 3.63) is 42.5 Å². The van der Waals surface area contributed by atoms with Crippen molar-refractivity contribution in [2.45, 2.75) is 0 Å². The molecule has 1 aromatic carbocycles. The van der Waals surface area contributed by atoms with Crippen LogP contribution in [0.4, 0.5) is 0 Å². The first kappa shape index (κ1) is 13.4. The van der Waals surface area contributed by atoms with Gasteiger partial charge in [0.1, 0.15) is 5.75 Å². The molecular formula is C12H13N3O3. The maximum absolute atomic E-state index is 11.2. The lowest BCUT2D eigenvalue weighted by Crippen LogP contribution is -2.37. The molecule has 94 valence electrons. The van der Waals surface area contributed by atoms with Crippen LogP contribution in [0.2, 0.25) is 0 Å². The van der Waals surface area contributed by atoms with Crippen molar-refractivity contribution in [1.29, 1.82) is 0 Å². The van der Waals surface area contributed by atoms with Gasteiger partial charge in [-0.1, -0.05) is 18.2 Å². The summed E-state index contributed by atoms with van der Waals surface area (Å²) in [5, 5.41) is 15.3. The summed E-state index contributed by atoms with van der Waals surface area (Å²) in [6.07, 6.45) is 2.70. The zero-order valence-electron chi connectivity index (χ0n) is 9.59. The summed E-state index contributed by atoms with van der Waals surface area (Å²) in [5.74, 6) is -1.65. The van der Waals surface area contributed by atoms with E-state index in [9.17, 15) is 14.7 Å². The summed E-state index contributed by atoms with van der Waals surface area (Å²) < 4.78 is 0. The number of amides is 2. The number of hydrogen-bond acceptors (Lipinski definition) is 4. The van der Waals surface area contributed by atoms with E-state index in [1.165, 1.54) is 18.4 Å². The van der Waals surface area contributed by atoms with Gasteiger partial charge in [0.05, 0.1) is 6.21 Å². The van der Waals surface area contributed by atoms with Crippen LogP contribution in [-0.2, 0) is 9.59 Å². The monoisotopic (exact) mass is 247 g/mol. The van der Waals surface area contributed by atoms with E-state index in [4.69, 9.17) is 0 Å². The van der Waals surface area contributed by atoms with Crippen LogP contribution in [0, 0.1) is 0 Å². The number of aromatic hydroxyl groups is 1. The van der Waals surface area contributed by atoms with Crippen LogP contribution in [0.1, 0.15) is 5.56 Å². The third kappa shape index (κ3) is 4.09. The third-order valence-corrected chi connectivity index (χ3v) is 1.92. The van der Waals surface area contributed by atoms with Gasteiger partial charge < -0.3 is 10.4 Å². The minimum atomic E-state index is -0.886. The fourth-order valence-electron chi connectivity index (χ4n) is 1.05. The number of benzene rings is 1. The van der Waals surface area contributed by atoms with Crippen molar-refractivity contribution in [3.8, 4) is 5.75 Å². The van der Waals surface area contributed by atoms with E-state index in [1.807, 2.05) is 5.43 Å². The molecule has 0 aromatic heterocycles. The van der Waals surface area contributed by atoms with E-state index in [2.05, 4.69) is 17.0 Å². The SMILES string of the molecule is C=CCNC(=O)C(=O)N/N=C/c1ccccc1O. The normalized spacial score (nSPS) is 10.0. The molecule has 0 atom stereocenters. The fraction of sp³-hybridized carbons (Fsp3) is 0.0833. The van der Waals surface area contributed by atoms with Gasteiger partial charge in [0, 0.05) is 12.1 Å². The molecule has 6 heteroatoms. The van der Waals surface area contributed by atoms with Crippen LogP contribution >= 0.6 is 0 Å². The molecule has 0 bridgehead atoms. The molecule has 0 aliphatic rings. The molecule has 0 aliphatic heterocycles. The van der Waals surface area contributed by atoms with Crippen LogP contribution in [0.25, 0.3) is 0 Å². The molecule has 18 heavy (non-hydrogen) atoms. The van der Waals surface area contributed by atoms with Crippen molar-refractivity contribution in [3.63, 3.8) is 0 Å². The Morgan fingerprint density at radius 3 is 2.72 bits per heavy atom. The lowest BCUT2D eigenvalue weighted by molar-refractivity contribution is -0.139. The van der Waals surface area contributed by atoms with Gasteiger partial charge in [-0.2, -0.15) is 5.10 Å². The van der Waals surface area contributed by atoms with Gasteiger partial charge in [0.15, 0.2) is 0 Å². The van der Waals surface area contributed by atoms with Crippen molar-refractivity contribution in [2.75, 3.05) is 6.54 Å². The average molecular weight is 247 g/mol. The Balaban J connectivity index is 2.50. The lowest BCUT2D eigenvalue weighted by atomic mass is 10.2. The van der Waals surface area contributed by atoms with Gasteiger partial charge in [-0.25, -0.2) is 5.43 Å². The first-order chi connectivity index (χ1) is 8.65. The molecule has 3 N–H and O–H groups in total. The number of nitrogens with zero attached hydrogens (tertiary/aromatic N) is 1. The summed E-state index contributed by atoms with van der Waals surface area (Å²) in [6.45, 7) is 3.60. The Morgan fingerprint density at radius 1 is 1.33 bits per heavy atom. The van der Waals surface area contributed by atoms with Crippen LogP contribution in [0.15, 0.2) is 42.0 Å². The molecule has 0 radical (unpaired) electrons. The minimum Gasteiger partial charge on any atom is -0.507 e. The van der Waals surface area contributed by atoms with Crippen molar-refractivity contribution in [1.82, 2.24) is 10.7 Å². The predicted octanol–water partition coefficient (Wildman–Crippen LogP) is 0.144. The number of para-hydroxylation sites is 1. The predicted molar refractivity (Wildman–Crippen MR) is 67.1 cm³/mol. The van der Waals surface area contributed by atoms with Crippen molar-refractivity contribution >= 4 is 18.0 Å². The zero-order chi connectivity index (χ0) is 13.4. The van der Waals surface area contributed by atoms with Gasteiger partial charge in [-0.15, -0.1) is 6.58 Å². The van der Waals surface area contributed by atoms with Gasteiger partial charge in [-0.3, -0.25) is 9.59 Å². The molecule has 0 heterocycles. The number of phenolic OH excluding ortho intramolecular Hbond substituents is 1. The summed E-state index contributed by atoms with van der Waals surface area (Å²) in [4.78, 5) is 22.3. The standard InChI is InChI=1S/C12H13N3O3/c1-2-7-13-11(17)12(18)15-14-8-9-5-3-4-6-10(9)16/h2-6,8,16H,1,7H2,(H,13,17)(H,15,18)/b14-8+. The number of rotatable bonds is 4. The second-order valence-corrected chi connectivity index (χ2v) is 3.26. The molecule has 0 aliphatic carbocycles. The van der Waals surface area contributed by atoms with Gasteiger partial charge >= 0.3 is 11.8 Å². The van der Waals surface area contributed by atoms with Crippen LogP contribution in [0.5, 0.6) is 5.75 Å². The molecule has 6 nitrogen and oxygen atoms in total. The summed E-state index contributed by atoms with van der Waals surface area (Å²) in [7, 11) is 0. The third-order valence-electron chi connectivity index (χ3n) is 1.92. The average Bonchev–Trinajstić information content (AvgIpc) is 2.38. The molecule has 2 amide bonds. The number of phenols is 1. The second kappa shape index (κ2) is 6.85. The smallest absolute Gasteiger partial charge is 0.329 e. The largest absolute Gasteiger partial charge is 0.507 e. The Morgan fingerprint density at radius 2 is 2.06 bits per heavy atom. The summed E-state index contributed by atoms with van der Waals surface area (Å²) in [5.41, 5.74) is 2.47. The first-order valence-electron chi connectivity index (χ1n) is 5.15. The van der Waals surface area contributed by atoms with E-state index in [0.717, 1.165) is 0 Å². The van der Waals surface area contributed by atoms with E-state index in [-0.39, 0.29) is 12.3 Å². The summed E-state index contributed by atoms with van der Waals surface area (Å²) >= 11 is 0. The highest BCUT2D eigenvalue weighted by Gasteiger charge is 2.10. The highest BCUT2D eigenvalue weighted by molar-refractivity contribution is 6.35. The van der Waals surface area contributed by atoms with E-state index in [1.54, 1.807) is 18.2 Å². The molecule has 1 aromatic rings. The Labute approximate surface area is 104 Å². The number of nitrogens with one attached hydrogen (secondary N) is 2. The quantitative estimate of drug-likeness (QED) is 0.306. The molecule has 0 unspecified atom stereocenters. The van der Waals surface area contributed by atoms with Crippen LogP contribution < -0.4 is 10.7 Å². The summed E-state index contributed by atoms with van der Waals surface area (Å²) in [6, 6.07) is 6.47. The van der Waals surface area contributed by atoms with Crippen LogP contribution in [-0.4, -0.2) is 29.7 Å². The Kier molecular flexibility index (Phi) is 5.11. The molecule has 0 fully saturated rings. The topological polar surface area (TPSA) is 90.8 Å². The highest BCUT2D eigenvalue weighted by Crippen LogP contribution is 2.12. The number of carbonyl (C=O) groups is 2. The number of hydrazone groups is 1. The molecular weight excluding hydrogens is 234 g/mol. The van der Waals surface area contributed by atoms with Gasteiger partial charge in [0.2, 0.25) is 0 Å². The molecule has 0 saturated carbocycles. The van der Waals surface area contributed by atoms with E-state index in [0.29, 0.717) is 5.56 Å². The van der Waals surface area contributed by atoms with Crippen molar-refractivity contribution < 1.29 is 14.7 Å². The van der Waals surface area contributed by atoms with E-state index < -0.39 is 11.8 Å².